The average Bonchev–Trinajstić information content (AvgIpc) is 3.58. The fraction of sp³-hybridized carbons (Fsp3) is 0.556. The number of halogens is 1. The molecule has 1 aromatic carbocycles. The summed E-state index contributed by atoms with van der Waals surface area (Å²) in [4.78, 5) is 45.7. The Morgan fingerprint density at radius 2 is 1.83 bits per heavy atom. The summed E-state index contributed by atoms with van der Waals surface area (Å²) in [6.45, 7) is 2.61. The lowest BCUT2D eigenvalue weighted by Crippen LogP contribution is -2.53. The number of benzene rings is 1. The molecule has 2 aliphatic rings. The van der Waals surface area contributed by atoms with Gasteiger partial charge in [0.05, 0.1) is 24.7 Å². The predicted octanol–water partition coefficient (Wildman–Crippen LogP) is 3.89. The van der Waals surface area contributed by atoms with Crippen LogP contribution in [-0.2, 0) is 9.59 Å². The number of likely N-dealkylation sites (N-methyl/N-ethyl adjacent to an activating group) is 1. The molecule has 0 radical (unpaired) electrons. The van der Waals surface area contributed by atoms with E-state index in [1.54, 1.807) is 12.4 Å². The number of rotatable bonds is 10. The third kappa shape index (κ3) is 6.07. The zero-order valence-electron chi connectivity index (χ0n) is 21.0. The predicted molar refractivity (Wildman–Crippen MR) is 138 cm³/mol. The molecular formula is C27H35FN4O3S. The van der Waals surface area contributed by atoms with Gasteiger partial charge in [0.25, 0.3) is 0 Å². The molecule has 4 rings (SSSR count). The van der Waals surface area contributed by atoms with Gasteiger partial charge in [-0.2, -0.15) is 0 Å². The molecule has 1 aromatic heterocycles. The summed E-state index contributed by atoms with van der Waals surface area (Å²) in [6, 6.07) is 4.58. The summed E-state index contributed by atoms with van der Waals surface area (Å²) in [6.07, 6.45) is 6.99. The van der Waals surface area contributed by atoms with Gasteiger partial charge in [0, 0.05) is 17.5 Å². The van der Waals surface area contributed by atoms with Crippen LogP contribution >= 0.6 is 11.3 Å². The monoisotopic (exact) mass is 514 g/mol. The molecule has 0 spiro atoms. The lowest BCUT2D eigenvalue weighted by atomic mass is 9.83. The highest BCUT2D eigenvalue weighted by molar-refractivity contribution is 7.10. The Labute approximate surface area is 215 Å². The first-order valence-corrected chi connectivity index (χ1v) is 13.8. The van der Waals surface area contributed by atoms with E-state index < -0.39 is 11.9 Å². The quantitative estimate of drug-likeness (QED) is 0.468. The number of hydrogen-bond donors (Lipinski definition) is 2. The van der Waals surface area contributed by atoms with Gasteiger partial charge < -0.3 is 10.2 Å². The van der Waals surface area contributed by atoms with Crippen LogP contribution in [0, 0.1) is 11.7 Å². The van der Waals surface area contributed by atoms with Gasteiger partial charge in [0.15, 0.2) is 5.78 Å². The number of thiazole rings is 1. The highest BCUT2D eigenvalue weighted by Gasteiger charge is 2.39. The Kier molecular flexibility index (Phi) is 8.98. The van der Waals surface area contributed by atoms with Gasteiger partial charge in [-0.25, -0.2) is 9.37 Å². The van der Waals surface area contributed by atoms with E-state index in [-0.39, 0.29) is 42.0 Å². The normalized spacial score (nSPS) is 20.3. The van der Waals surface area contributed by atoms with Crippen molar-refractivity contribution in [3.05, 3.63) is 51.7 Å². The van der Waals surface area contributed by atoms with Crippen LogP contribution in [0.3, 0.4) is 0 Å². The number of carbonyl (C=O) groups is 3. The zero-order valence-corrected chi connectivity index (χ0v) is 21.8. The maximum atomic E-state index is 13.9. The van der Waals surface area contributed by atoms with Gasteiger partial charge in [0.2, 0.25) is 11.7 Å². The van der Waals surface area contributed by atoms with E-state index in [9.17, 15) is 18.8 Å². The first kappa shape index (κ1) is 26.6. The lowest BCUT2D eigenvalue weighted by Gasteiger charge is -2.34. The van der Waals surface area contributed by atoms with Crippen molar-refractivity contribution in [1.82, 2.24) is 20.5 Å². The number of aromatic nitrogens is 1. The highest BCUT2D eigenvalue weighted by Crippen LogP contribution is 2.36. The molecule has 1 saturated carbocycles. The van der Waals surface area contributed by atoms with Crippen molar-refractivity contribution in [1.29, 1.82) is 0 Å². The largest absolute Gasteiger partial charge is 0.332 e. The second-order valence-electron chi connectivity index (χ2n) is 9.83. The Morgan fingerprint density at radius 3 is 2.53 bits per heavy atom. The Balaban J connectivity index is 1.50. The van der Waals surface area contributed by atoms with Gasteiger partial charge in [0.1, 0.15) is 16.5 Å². The average molecular weight is 515 g/mol. The van der Waals surface area contributed by atoms with Crippen LogP contribution in [0.4, 0.5) is 4.39 Å². The van der Waals surface area contributed by atoms with Crippen molar-refractivity contribution in [2.45, 2.75) is 70.0 Å². The number of nitrogens with zero attached hydrogens (tertiary/aromatic N) is 2. The molecule has 2 aromatic rings. The Morgan fingerprint density at radius 1 is 1.11 bits per heavy atom. The minimum absolute atomic E-state index is 0.0240. The first-order chi connectivity index (χ1) is 17.4. The summed E-state index contributed by atoms with van der Waals surface area (Å²) in [5.41, 5.74) is 0.698. The molecule has 1 aliphatic heterocycles. The standard InChI is InChI=1S/C27H35FN4O3S/c1-17(29-2)23(33)15-30-24(18-7-4-3-5-8-18)27(35)32-14-6-9-22(32)26-31-21(16-36-26)25(34)19-10-12-20(28)13-11-19/h10-13,16-18,22,24,29-30H,3-9,14-15H2,1-2H3. The van der Waals surface area contributed by atoms with Crippen molar-refractivity contribution in [2.24, 2.45) is 5.92 Å². The zero-order chi connectivity index (χ0) is 25.7. The van der Waals surface area contributed by atoms with E-state index in [1.807, 2.05) is 11.8 Å². The maximum absolute atomic E-state index is 13.9. The number of amides is 1. The minimum atomic E-state index is -0.404. The molecule has 3 atom stereocenters. The van der Waals surface area contributed by atoms with Crippen molar-refractivity contribution < 1.29 is 18.8 Å². The van der Waals surface area contributed by atoms with Crippen LogP contribution < -0.4 is 10.6 Å². The topological polar surface area (TPSA) is 91.4 Å². The van der Waals surface area contributed by atoms with Crippen molar-refractivity contribution in [3.8, 4) is 0 Å². The van der Waals surface area contributed by atoms with Gasteiger partial charge in [-0.3, -0.25) is 19.7 Å². The van der Waals surface area contributed by atoms with Crippen LogP contribution in [0.25, 0.3) is 0 Å². The van der Waals surface area contributed by atoms with Crippen LogP contribution in [0.1, 0.15) is 79.0 Å². The molecular weight excluding hydrogens is 479 g/mol. The van der Waals surface area contributed by atoms with Gasteiger partial charge >= 0.3 is 0 Å². The Bertz CT molecular complexity index is 1070. The van der Waals surface area contributed by atoms with E-state index in [4.69, 9.17) is 0 Å². The number of hydrogen-bond acceptors (Lipinski definition) is 7. The molecule has 9 heteroatoms. The number of nitrogens with one attached hydrogen (secondary N) is 2. The summed E-state index contributed by atoms with van der Waals surface area (Å²) < 4.78 is 13.2. The maximum Gasteiger partial charge on any atom is 0.240 e. The van der Waals surface area contributed by atoms with Crippen molar-refractivity contribution >= 4 is 28.8 Å². The van der Waals surface area contributed by atoms with Crippen LogP contribution in [0.15, 0.2) is 29.6 Å². The minimum Gasteiger partial charge on any atom is -0.332 e. The summed E-state index contributed by atoms with van der Waals surface area (Å²) in [5, 5.41) is 8.75. The number of likely N-dealkylation sites (tertiary alicyclic amines) is 1. The summed E-state index contributed by atoms with van der Waals surface area (Å²) >= 11 is 1.38. The highest BCUT2D eigenvalue weighted by atomic mass is 32.1. The van der Waals surface area contributed by atoms with E-state index in [0.29, 0.717) is 17.8 Å². The van der Waals surface area contributed by atoms with Gasteiger partial charge in [-0.1, -0.05) is 19.3 Å². The number of Topliss-reactive ketones (excluding diaryl/α,β-unsaturated/α-hetero) is 1. The fourth-order valence-corrected chi connectivity index (χ4v) is 6.15. The molecule has 0 bridgehead atoms. The van der Waals surface area contributed by atoms with Crippen molar-refractivity contribution in [3.63, 3.8) is 0 Å². The third-order valence-electron chi connectivity index (χ3n) is 7.48. The molecule has 1 aliphatic carbocycles. The van der Waals surface area contributed by atoms with E-state index in [0.717, 1.165) is 43.5 Å². The summed E-state index contributed by atoms with van der Waals surface area (Å²) in [7, 11) is 1.75. The third-order valence-corrected chi connectivity index (χ3v) is 8.43. The van der Waals surface area contributed by atoms with E-state index >= 15 is 0 Å². The second-order valence-corrected chi connectivity index (χ2v) is 10.7. The van der Waals surface area contributed by atoms with Crippen molar-refractivity contribution in [2.75, 3.05) is 20.1 Å². The molecule has 2 N–H and O–H groups in total. The molecule has 1 saturated heterocycles. The number of ketones is 2. The lowest BCUT2D eigenvalue weighted by molar-refractivity contribution is -0.136. The Hall–Kier alpha value is -2.49. The van der Waals surface area contributed by atoms with Gasteiger partial charge in [-0.15, -0.1) is 11.3 Å². The first-order valence-electron chi connectivity index (χ1n) is 12.9. The van der Waals surface area contributed by atoms with E-state index in [2.05, 4.69) is 15.6 Å². The second kappa shape index (κ2) is 12.2. The molecule has 36 heavy (non-hydrogen) atoms. The molecule has 2 fully saturated rings. The van der Waals surface area contributed by atoms with Crippen LogP contribution in [-0.4, -0.2) is 59.6 Å². The molecule has 1 amide bonds. The molecule has 2 heterocycles. The molecule has 194 valence electrons. The van der Waals surface area contributed by atoms with Crippen LogP contribution in [0.2, 0.25) is 0 Å². The van der Waals surface area contributed by atoms with E-state index in [1.165, 1.54) is 42.0 Å². The smallest absolute Gasteiger partial charge is 0.240 e. The molecule has 3 unspecified atom stereocenters. The number of carbonyl (C=O) groups excluding carboxylic acids is 3. The molecule has 7 nitrogen and oxygen atoms in total. The summed E-state index contributed by atoms with van der Waals surface area (Å²) in [5.74, 6) is -0.387. The SMILES string of the molecule is CNC(C)C(=O)CNC(C(=O)N1CCCC1c1nc(C(=O)c2ccc(F)cc2)cs1)C1CCCCC1. The van der Waals surface area contributed by atoms with Crippen LogP contribution in [0.5, 0.6) is 0 Å². The fourth-order valence-electron chi connectivity index (χ4n) is 5.21. The van der Waals surface area contributed by atoms with Gasteiger partial charge in [-0.05, 0) is 69.8 Å².